The molecule has 0 bridgehead atoms. The van der Waals surface area contributed by atoms with E-state index >= 15 is 0 Å². The first-order chi connectivity index (χ1) is 9.40. The number of hydrogen-bond donors (Lipinski definition) is 1. The molecule has 1 heterocycles. The summed E-state index contributed by atoms with van der Waals surface area (Å²) in [5.74, 6) is -0.503. The van der Waals surface area contributed by atoms with Crippen LogP contribution in [-0.4, -0.2) is 16.2 Å². The Morgan fingerprint density at radius 2 is 1.85 bits per heavy atom. The lowest BCUT2D eigenvalue weighted by Crippen LogP contribution is -1.96. The molecule has 0 radical (unpaired) electrons. The van der Waals surface area contributed by atoms with E-state index in [1.54, 1.807) is 0 Å². The van der Waals surface area contributed by atoms with E-state index in [-0.39, 0.29) is 5.76 Å². The molecule has 0 saturated carbocycles. The summed E-state index contributed by atoms with van der Waals surface area (Å²) in [7, 11) is 0. The first-order valence-corrected chi connectivity index (χ1v) is 6.74. The van der Waals surface area contributed by atoms with Gasteiger partial charge in [0.15, 0.2) is 0 Å². The van der Waals surface area contributed by atoms with Crippen molar-refractivity contribution in [3.05, 3.63) is 41.2 Å². The van der Waals surface area contributed by atoms with Gasteiger partial charge in [-0.1, -0.05) is 45.0 Å². The molecule has 0 aliphatic heterocycles. The molecule has 0 aliphatic rings. The fourth-order valence-electron chi connectivity index (χ4n) is 2.16. The van der Waals surface area contributed by atoms with Crippen LogP contribution in [0.5, 0.6) is 0 Å². The number of carboxylic acid groups (broad SMARTS) is 1. The first-order valence-electron chi connectivity index (χ1n) is 6.74. The minimum atomic E-state index is -1.10. The molecule has 0 saturated heterocycles. The fourth-order valence-corrected chi connectivity index (χ4v) is 2.16. The monoisotopic (exact) mass is 273 g/mol. The van der Waals surface area contributed by atoms with Crippen LogP contribution in [0.3, 0.4) is 0 Å². The predicted octanol–water partition coefficient (Wildman–Crippen LogP) is 4.29. The Morgan fingerprint density at radius 1 is 1.15 bits per heavy atom. The average Bonchev–Trinajstić information content (AvgIpc) is 2.87. The Bertz CT molecular complexity index is 626. The van der Waals surface area contributed by atoms with E-state index in [0.29, 0.717) is 17.5 Å². The highest BCUT2D eigenvalue weighted by atomic mass is 16.5. The Morgan fingerprint density at radius 3 is 2.35 bits per heavy atom. The van der Waals surface area contributed by atoms with Crippen molar-refractivity contribution in [1.29, 1.82) is 0 Å². The Balaban J connectivity index is 2.56. The summed E-state index contributed by atoms with van der Waals surface area (Å²) in [6.07, 6.45) is 0. The molecule has 1 N–H and O–H groups in total. The van der Waals surface area contributed by atoms with E-state index in [0.717, 1.165) is 11.1 Å². The van der Waals surface area contributed by atoms with Crippen LogP contribution in [0.2, 0.25) is 0 Å². The molecular weight excluding hydrogens is 254 g/mol. The summed E-state index contributed by atoms with van der Waals surface area (Å²) in [6, 6.07) is 7.75. The number of carbonyl (C=O) groups is 1. The van der Waals surface area contributed by atoms with Crippen LogP contribution in [0.1, 0.15) is 61.2 Å². The quantitative estimate of drug-likeness (QED) is 0.902. The Labute approximate surface area is 118 Å². The van der Waals surface area contributed by atoms with E-state index in [4.69, 9.17) is 9.63 Å². The summed E-state index contributed by atoms with van der Waals surface area (Å²) in [5.41, 5.74) is 3.86. The lowest BCUT2D eigenvalue weighted by atomic mass is 9.90. The van der Waals surface area contributed by atoms with Crippen molar-refractivity contribution < 1.29 is 14.4 Å². The highest BCUT2D eigenvalue weighted by Gasteiger charge is 2.17. The molecule has 20 heavy (non-hydrogen) atoms. The molecule has 2 aromatic rings. The zero-order valence-corrected chi connectivity index (χ0v) is 12.2. The van der Waals surface area contributed by atoms with Crippen molar-refractivity contribution in [2.45, 2.75) is 39.5 Å². The second-order valence-electron chi connectivity index (χ2n) is 5.54. The average molecular weight is 273 g/mol. The number of benzene rings is 1. The zero-order chi connectivity index (χ0) is 14.9. The maximum atomic E-state index is 10.9. The van der Waals surface area contributed by atoms with E-state index in [1.165, 1.54) is 11.6 Å². The zero-order valence-electron chi connectivity index (χ0n) is 12.2. The molecule has 4 heteroatoms. The van der Waals surface area contributed by atoms with Gasteiger partial charge in [0.05, 0.1) is 0 Å². The van der Waals surface area contributed by atoms with Crippen molar-refractivity contribution in [2.75, 3.05) is 0 Å². The summed E-state index contributed by atoms with van der Waals surface area (Å²) in [4.78, 5) is 10.9. The molecule has 0 atom stereocenters. The first kappa shape index (κ1) is 14.3. The van der Waals surface area contributed by atoms with Crippen molar-refractivity contribution in [2.24, 2.45) is 0 Å². The number of nitrogens with zero attached hydrogens (tertiary/aromatic N) is 1. The number of hydrogen-bond acceptors (Lipinski definition) is 3. The molecule has 0 aliphatic carbocycles. The van der Waals surface area contributed by atoms with Gasteiger partial charge in [-0.2, -0.15) is 0 Å². The third kappa shape index (κ3) is 2.74. The third-order valence-corrected chi connectivity index (χ3v) is 3.36. The molecule has 1 aromatic carbocycles. The smallest absolute Gasteiger partial charge is 0.374 e. The van der Waals surface area contributed by atoms with Crippen molar-refractivity contribution >= 4 is 5.97 Å². The normalized spacial score (nSPS) is 11.3. The van der Waals surface area contributed by atoms with Gasteiger partial charge in [0, 0.05) is 11.6 Å². The van der Waals surface area contributed by atoms with Gasteiger partial charge in [-0.05, 0) is 29.0 Å². The number of rotatable bonds is 4. The third-order valence-electron chi connectivity index (χ3n) is 3.36. The molecule has 2 rings (SSSR count). The maximum Gasteiger partial charge on any atom is 0.374 e. The highest BCUT2D eigenvalue weighted by molar-refractivity contribution is 5.86. The second-order valence-corrected chi connectivity index (χ2v) is 5.54. The van der Waals surface area contributed by atoms with Gasteiger partial charge in [-0.15, -0.1) is 0 Å². The Kier molecular flexibility index (Phi) is 3.93. The summed E-state index contributed by atoms with van der Waals surface area (Å²) < 4.78 is 4.87. The molecule has 106 valence electrons. The second kappa shape index (κ2) is 5.49. The van der Waals surface area contributed by atoms with Crippen LogP contribution >= 0.6 is 0 Å². The maximum absolute atomic E-state index is 10.9. The molecular formula is C16H19NO3. The van der Waals surface area contributed by atoms with Gasteiger partial charge in [0.2, 0.25) is 5.76 Å². The van der Waals surface area contributed by atoms with Crippen molar-refractivity contribution in [3.63, 3.8) is 0 Å². The number of aromatic nitrogens is 1. The van der Waals surface area contributed by atoms with Gasteiger partial charge in [-0.3, -0.25) is 0 Å². The molecule has 0 fully saturated rings. The molecule has 0 amide bonds. The van der Waals surface area contributed by atoms with Gasteiger partial charge in [0.1, 0.15) is 5.69 Å². The van der Waals surface area contributed by atoms with E-state index < -0.39 is 5.97 Å². The SMILES string of the molecule is CC(C)c1ccc(C(C)C)c(-c2cc(C(=O)O)on2)c1. The van der Waals surface area contributed by atoms with Gasteiger partial charge < -0.3 is 9.63 Å². The standard InChI is InChI=1S/C16H19NO3/c1-9(2)11-5-6-12(10(3)4)13(7-11)14-8-15(16(18)19)20-17-14/h5-10H,1-4H3,(H,18,19). The summed E-state index contributed by atoms with van der Waals surface area (Å²) >= 11 is 0. The van der Waals surface area contributed by atoms with Crippen LogP contribution in [0.15, 0.2) is 28.8 Å². The minimum absolute atomic E-state index is 0.135. The van der Waals surface area contributed by atoms with E-state index in [2.05, 4.69) is 51.1 Å². The molecule has 4 nitrogen and oxygen atoms in total. The Hall–Kier alpha value is -2.10. The van der Waals surface area contributed by atoms with Crippen LogP contribution in [0.4, 0.5) is 0 Å². The molecule has 0 spiro atoms. The van der Waals surface area contributed by atoms with Crippen molar-refractivity contribution in [1.82, 2.24) is 5.16 Å². The summed E-state index contributed by atoms with van der Waals surface area (Å²) in [5, 5.41) is 12.8. The van der Waals surface area contributed by atoms with Gasteiger partial charge in [0.25, 0.3) is 0 Å². The number of carboxylic acids is 1. The van der Waals surface area contributed by atoms with Crippen LogP contribution in [0, 0.1) is 0 Å². The highest BCUT2D eigenvalue weighted by Crippen LogP contribution is 2.31. The topological polar surface area (TPSA) is 63.3 Å². The van der Waals surface area contributed by atoms with Gasteiger partial charge >= 0.3 is 5.97 Å². The minimum Gasteiger partial charge on any atom is -0.475 e. The van der Waals surface area contributed by atoms with E-state index in [1.807, 2.05) is 0 Å². The number of aromatic carboxylic acids is 1. The van der Waals surface area contributed by atoms with Crippen LogP contribution < -0.4 is 0 Å². The fraction of sp³-hybridized carbons (Fsp3) is 0.375. The predicted molar refractivity (Wildman–Crippen MR) is 77.1 cm³/mol. The summed E-state index contributed by atoms with van der Waals surface area (Å²) in [6.45, 7) is 8.46. The van der Waals surface area contributed by atoms with E-state index in [9.17, 15) is 4.79 Å². The van der Waals surface area contributed by atoms with Crippen LogP contribution in [-0.2, 0) is 0 Å². The molecule has 1 aromatic heterocycles. The lowest BCUT2D eigenvalue weighted by molar-refractivity contribution is 0.0652. The molecule has 0 unspecified atom stereocenters. The van der Waals surface area contributed by atoms with Crippen molar-refractivity contribution in [3.8, 4) is 11.3 Å². The van der Waals surface area contributed by atoms with Crippen LogP contribution in [0.25, 0.3) is 11.3 Å². The lowest BCUT2D eigenvalue weighted by Gasteiger charge is -2.14. The van der Waals surface area contributed by atoms with Gasteiger partial charge in [-0.25, -0.2) is 4.79 Å². The largest absolute Gasteiger partial charge is 0.475 e.